The Kier molecular flexibility index (Phi) is 15.1. The van der Waals surface area contributed by atoms with Gasteiger partial charge in [0.25, 0.3) is 10.1 Å². The molecule has 5 heteroatoms. The number of hydrogen-bond donors (Lipinski definition) is 1. The van der Waals surface area contributed by atoms with Crippen molar-refractivity contribution in [2.24, 2.45) is 0 Å². The third kappa shape index (κ3) is 18.2. The van der Waals surface area contributed by atoms with Crippen LogP contribution in [0.15, 0.2) is 0 Å². The minimum Gasteiger partial charge on any atom is -0.301 e. The molecule has 1 unspecified atom stereocenters. The predicted octanol–water partition coefficient (Wildman–Crippen LogP) is 5.29. The Labute approximate surface area is 151 Å². The number of unbranched alkanes of at least 4 members (excludes halogenated alkanes) is 9. The van der Waals surface area contributed by atoms with E-state index in [9.17, 15) is 8.42 Å². The highest BCUT2D eigenvalue weighted by molar-refractivity contribution is 7.85. The lowest BCUT2D eigenvalue weighted by atomic mass is 10.0. The molecule has 24 heavy (non-hydrogen) atoms. The number of likely N-dealkylation sites (tertiary alicyclic amines) is 1. The van der Waals surface area contributed by atoms with Crippen LogP contribution in [-0.4, -0.2) is 43.3 Å². The molecular formula is C19H41NO3S. The van der Waals surface area contributed by atoms with E-state index in [4.69, 9.17) is 4.55 Å². The predicted molar refractivity (Wildman–Crippen MR) is 104 cm³/mol. The van der Waals surface area contributed by atoms with Crippen molar-refractivity contribution in [3.05, 3.63) is 0 Å². The van der Waals surface area contributed by atoms with Crippen LogP contribution in [0.25, 0.3) is 0 Å². The second-order valence-corrected chi connectivity index (χ2v) is 8.76. The maximum atomic E-state index is 9.19. The zero-order valence-corrected chi connectivity index (χ0v) is 17.1. The van der Waals surface area contributed by atoms with Crippen molar-refractivity contribution >= 4 is 10.1 Å². The molecule has 0 amide bonds. The summed E-state index contributed by atoms with van der Waals surface area (Å²) in [6.07, 6.45) is 19.6. The summed E-state index contributed by atoms with van der Waals surface area (Å²) in [5.74, 6) is 0. The van der Waals surface area contributed by atoms with Crippen molar-refractivity contribution in [1.82, 2.24) is 4.90 Å². The van der Waals surface area contributed by atoms with Crippen molar-refractivity contribution in [3.8, 4) is 0 Å². The maximum Gasteiger partial charge on any atom is 0.261 e. The summed E-state index contributed by atoms with van der Waals surface area (Å²) >= 11 is 0. The van der Waals surface area contributed by atoms with Crippen molar-refractivity contribution < 1.29 is 13.0 Å². The zero-order valence-electron chi connectivity index (χ0n) is 16.3. The van der Waals surface area contributed by atoms with Crippen LogP contribution < -0.4 is 0 Å². The molecule has 146 valence electrons. The van der Waals surface area contributed by atoms with Gasteiger partial charge < -0.3 is 4.90 Å². The molecule has 1 aliphatic heterocycles. The number of nitrogens with zero attached hydrogens (tertiary/aromatic N) is 1. The lowest BCUT2D eigenvalue weighted by Gasteiger charge is -2.33. The first-order valence-electron chi connectivity index (χ1n) is 10.0. The monoisotopic (exact) mass is 363 g/mol. The Morgan fingerprint density at radius 3 is 1.83 bits per heavy atom. The van der Waals surface area contributed by atoms with E-state index in [1.807, 2.05) is 0 Å². The zero-order chi connectivity index (χ0) is 18.3. The molecule has 0 aliphatic carbocycles. The molecule has 0 spiro atoms. The molecule has 1 rings (SSSR count). The average Bonchev–Trinajstić information content (AvgIpc) is 2.49. The smallest absolute Gasteiger partial charge is 0.261 e. The van der Waals surface area contributed by atoms with E-state index < -0.39 is 10.1 Å². The van der Waals surface area contributed by atoms with E-state index in [1.54, 1.807) is 0 Å². The first-order chi connectivity index (χ1) is 11.3. The molecule has 0 bridgehead atoms. The summed E-state index contributed by atoms with van der Waals surface area (Å²) in [4.78, 5) is 2.72. The molecule has 1 saturated heterocycles. The van der Waals surface area contributed by atoms with Gasteiger partial charge in [0.1, 0.15) is 0 Å². The fraction of sp³-hybridized carbons (Fsp3) is 1.00. The van der Waals surface area contributed by atoms with Crippen LogP contribution in [-0.2, 0) is 10.1 Å². The Hall–Kier alpha value is -0.130. The van der Waals surface area contributed by atoms with Gasteiger partial charge in [-0.3, -0.25) is 4.55 Å². The van der Waals surface area contributed by atoms with Gasteiger partial charge in [0.2, 0.25) is 0 Å². The minimum atomic E-state index is -3.67. The van der Waals surface area contributed by atoms with Crippen LogP contribution >= 0.6 is 0 Å². The summed E-state index contributed by atoms with van der Waals surface area (Å²) in [6.45, 7) is 7.43. The molecule has 0 aromatic rings. The van der Waals surface area contributed by atoms with Crippen molar-refractivity contribution in [2.45, 2.75) is 103 Å². The summed E-state index contributed by atoms with van der Waals surface area (Å²) < 4.78 is 25.9. The largest absolute Gasteiger partial charge is 0.301 e. The fourth-order valence-corrected chi connectivity index (χ4v) is 3.29. The maximum absolute atomic E-state index is 9.19. The summed E-state index contributed by atoms with van der Waals surface area (Å²) in [5, 5.41) is 0. The highest BCUT2D eigenvalue weighted by atomic mass is 32.2. The molecule has 0 aromatic heterocycles. The first-order valence-corrected chi connectivity index (χ1v) is 11.9. The van der Waals surface area contributed by atoms with Gasteiger partial charge in [-0.15, -0.1) is 0 Å². The number of hydrogen-bond acceptors (Lipinski definition) is 3. The Balaban J connectivity index is 0.000000922. The molecule has 1 atom stereocenters. The Morgan fingerprint density at radius 2 is 1.38 bits per heavy atom. The molecule has 1 fully saturated rings. The minimum absolute atomic E-state index is 0.715. The van der Waals surface area contributed by atoms with Gasteiger partial charge >= 0.3 is 0 Å². The molecule has 1 aliphatic rings. The van der Waals surface area contributed by atoms with Crippen LogP contribution in [0.3, 0.4) is 0 Å². The molecule has 0 aromatic carbocycles. The van der Waals surface area contributed by atoms with Gasteiger partial charge in [-0.05, 0) is 39.3 Å². The van der Waals surface area contributed by atoms with Crippen molar-refractivity contribution in [1.29, 1.82) is 0 Å². The number of rotatable bonds is 11. The van der Waals surface area contributed by atoms with E-state index in [2.05, 4.69) is 18.7 Å². The van der Waals surface area contributed by atoms with Gasteiger partial charge in [0.05, 0.1) is 6.26 Å². The van der Waals surface area contributed by atoms with E-state index in [0.717, 1.165) is 6.04 Å². The second-order valence-electron chi connectivity index (χ2n) is 7.30. The quantitative estimate of drug-likeness (QED) is 0.400. The van der Waals surface area contributed by atoms with Gasteiger partial charge in [-0.2, -0.15) is 8.42 Å². The van der Waals surface area contributed by atoms with Gasteiger partial charge in [-0.25, -0.2) is 0 Å². The van der Waals surface area contributed by atoms with E-state index >= 15 is 0 Å². The molecule has 4 nitrogen and oxygen atoms in total. The molecule has 0 saturated carbocycles. The standard InChI is InChI=1S/C18H37N.CH4O3S/c1-3-4-5-6-7-8-9-10-11-13-16-19-17-14-12-15-18(19)2;1-5(2,3)4/h18H,3-17H2,1-2H3;1H3,(H,2,3,4). The second kappa shape index (κ2) is 15.2. The summed E-state index contributed by atoms with van der Waals surface area (Å²) in [5.41, 5.74) is 0. The average molecular weight is 364 g/mol. The fourth-order valence-electron chi connectivity index (χ4n) is 3.29. The first kappa shape index (κ1) is 23.9. The van der Waals surface area contributed by atoms with E-state index in [1.165, 1.54) is 96.6 Å². The normalized spacial score (nSPS) is 18.9. The Morgan fingerprint density at radius 1 is 0.917 bits per heavy atom. The van der Waals surface area contributed by atoms with E-state index in [-0.39, 0.29) is 0 Å². The molecule has 1 heterocycles. The highest BCUT2D eigenvalue weighted by Gasteiger charge is 2.16. The topological polar surface area (TPSA) is 57.6 Å². The van der Waals surface area contributed by atoms with Crippen molar-refractivity contribution in [2.75, 3.05) is 19.3 Å². The van der Waals surface area contributed by atoms with Gasteiger partial charge in [0, 0.05) is 6.04 Å². The lowest BCUT2D eigenvalue weighted by molar-refractivity contribution is 0.157. The summed E-state index contributed by atoms with van der Waals surface area (Å²) in [6, 6.07) is 0.854. The van der Waals surface area contributed by atoms with Crippen molar-refractivity contribution in [3.63, 3.8) is 0 Å². The SMILES string of the molecule is CCCCCCCCCCCCN1CCCCC1C.CS(=O)(=O)O. The van der Waals surface area contributed by atoms with Crippen LogP contribution in [0.1, 0.15) is 97.3 Å². The number of piperidine rings is 1. The molecular weight excluding hydrogens is 322 g/mol. The highest BCUT2D eigenvalue weighted by Crippen LogP contribution is 2.17. The third-order valence-electron chi connectivity index (χ3n) is 4.74. The van der Waals surface area contributed by atoms with Crippen LogP contribution in [0.2, 0.25) is 0 Å². The molecule has 1 N–H and O–H groups in total. The van der Waals surface area contributed by atoms with E-state index in [0.29, 0.717) is 6.26 Å². The van der Waals surface area contributed by atoms with Crippen LogP contribution in [0.5, 0.6) is 0 Å². The van der Waals surface area contributed by atoms with Crippen LogP contribution in [0, 0.1) is 0 Å². The lowest BCUT2D eigenvalue weighted by Crippen LogP contribution is -2.37. The van der Waals surface area contributed by atoms with Gasteiger partial charge in [-0.1, -0.05) is 71.1 Å². The third-order valence-corrected chi connectivity index (χ3v) is 4.74. The van der Waals surface area contributed by atoms with Crippen LogP contribution in [0.4, 0.5) is 0 Å². The molecule has 0 radical (unpaired) electrons. The Bertz CT molecular complexity index is 363. The summed E-state index contributed by atoms with van der Waals surface area (Å²) in [7, 11) is -3.67. The van der Waals surface area contributed by atoms with Gasteiger partial charge in [0.15, 0.2) is 0 Å².